The molecule has 4 N–H and O–H groups in total. The molecule has 2 aromatic rings. The van der Waals surface area contributed by atoms with Crippen molar-refractivity contribution in [2.24, 2.45) is 5.92 Å². The molecule has 1 aliphatic carbocycles. The third-order valence-electron chi connectivity index (χ3n) is 3.06. The van der Waals surface area contributed by atoms with E-state index in [1.807, 2.05) is 18.2 Å². The van der Waals surface area contributed by atoms with Crippen LogP contribution in [0.2, 0.25) is 0 Å². The smallest absolute Gasteiger partial charge is 0.239 e. The van der Waals surface area contributed by atoms with Crippen molar-refractivity contribution >= 4 is 11.5 Å². The first kappa shape index (κ1) is 11.8. The average Bonchev–Trinajstić information content (AvgIpc) is 3.10. The predicted octanol–water partition coefficient (Wildman–Crippen LogP) is 1.79. The van der Waals surface area contributed by atoms with E-state index in [0.717, 1.165) is 11.5 Å². The second-order valence-corrected chi connectivity index (χ2v) is 4.78. The minimum atomic E-state index is 0.515. The maximum atomic E-state index is 5.86. The first-order valence-corrected chi connectivity index (χ1v) is 6.43. The molecule has 0 radical (unpaired) electrons. The highest BCUT2D eigenvalue weighted by atomic mass is 16.5. The molecule has 0 unspecified atom stereocenters. The fourth-order valence-electron chi connectivity index (χ4n) is 1.72. The van der Waals surface area contributed by atoms with Crippen LogP contribution in [0.1, 0.15) is 18.5 Å². The summed E-state index contributed by atoms with van der Waals surface area (Å²) in [6.07, 6.45) is 4.22. The second-order valence-electron chi connectivity index (χ2n) is 4.78. The first-order valence-electron chi connectivity index (χ1n) is 6.43. The van der Waals surface area contributed by atoms with Gasteiger partial charge in [0.15, 0.2) is 0 Å². The van der Waals surface area contributed by atoms with Crippen LogP contribution in [-0.2, 0) is 6.54 Å². The molecular weight excluding hydrogens is 242 g/mol. The van der Waals surface area contributed by atoms with Crippen LogP contribution in [0.5, 0.6) is 5.88 Å². The summed E-state index contributed by atoms with van der Waals surface area (Å²) in [5.74, 6) is 1.94. The number of nitrogens with one attached hydrogen (secondary N) is 2. The molecule has 0 aromatic carbocycles. The maximum absolute atomic E-state index is 5.86. The molecule has 1 fully saturated rings. The molecule has 1 aliphatic rings. The van der Waals surface area contributed by atoms with Crippen molar-refractivity contribution in [3.05, 3.63) is 30.1 Å². The molecule has 2 aromatic heterocycles. The van der Waals surface area contributed by atoms with Crippen LogP contribution in [0.3, 0.4) is 0 Å². The van der Waals surface area contributed by atoms with Gasteiger partial charge in [-0.05, 0) is 37.0 Å². The lowest BCUT2D eigenvalue weighted by molar-refractivity contribution is 0.290. The van der Waals surface area contributed by atoms with E-state index in [0.29, 0.717) is 30.6 Å². The normalized spacial score (nSPS) is 14.3. The van der Waals surface area contributed by atoms with E-state index >= 15 is 0 Å². The lowest BCUT2D eigenvalue weighted by Crippen LogP contribution is -2.07. The maximum Gasteiger partial charge on any atom is 0.239 e. The van der Waals surface area contributed by atoms with Crippen LogP contribution in [0.4, 0.5) is 11.5 Å². The van der Waals surface area contributed by atoms with Gasteiger partial charge in [-0.3, -0.25) is 5.10 Å². The number of aromatic nitrogens is 3. The quantitative estimate of drug-likeness (QED) is 0.736. The van der Waals surface area contributed by atoms with E-state index in [1.165, 1.54) is 12.8 Å². The van der Waals surface area contributed by atoms with Crippen LogP contribution in [0.25, 0.3) is 0 Å². The molecular formula is C13H17N5O. The van der Waals surface area contributed by atoms with Gasteiger partial charge < -0.3 is 15.8 Å². The van der Waals surface area contributed by atoms with Crippen molar-refractivity contribution in [2.45, 2.75) is 19.4 Å². The number of anilines is 2. The Labute approximate surface area is 111 Å². The number of hydrogen-bond donors (Lipinski definition) is 3. The Morgan fingerprint density at radius 2 is 2.26 bits per heavy atom. The minimum absolute atomic E-state index is 0.515. The van der Waals surface area contributed by atoms with Gasteiger partial charge in [0.1, 0.15) is 5.82 Å². The second kappa shape index (κ2) is 5.17. The van der Waals surface area contributed by atoms with Crippen LogP contribution in [-0.4, -0.2) is 21.8 Å². The zero-order valence-corrected chi connectivity index (χ0v) is 10.6. The highest BCUT2D eigenvalue weighted by Crippen LogP contribution is 2.30. The number of nitrogens with zero attached hydrogens (tertiary/aromatic N) is 2. The summed E-state index contributed by atoms with van der Waals surface area (Å²) in [5, 5.41) is 9.98. The Morgan fingerprint density at radius 3 is 3.00 bits per heavy atom. The summed E-state index contributed by atoms with van der Waals surface area (Å²) in [6.45, 7) is 1.35. The van der Waals surface area contributed by atoms with Crippen molar-refractivity contribution in [1.82, 2.24) is 15.2 Å². The van der Waals surface area contributed by atoms with E-state index in [1.54, 1.807) is 6.20 Å². The van der Waals surface area contributed by atoms with Gasteiger partial charge >= 0.3 is 0 Å². The van der Waals surface area contributed by atoms with E-state index < -0.39 is 0 Å². The van der Waals surface area contributed by atoms with Gasteiger partial charge in [-0.25, -0.2) is 0 Å². The van der Waals surface area contributed by atoms with Crippen LogP contribution >= 0.6 is 0 Å². The van der Waals surface area contributed by atoms with Crippen molar-refractivity contribution in [2.75, 3.05) is 17.7 Å². The van der Waals surface area contributed by atoms with Crippen molar-refractivity contribution in [3.63, 3.8) is 0 Å². The van der Waals surface area contributed by atoms with Crippen molar-refractivity contribution in [1.29, 1.82) is 0 Å². The number of H-pyrrole nitrogens is 1. The molecule has 6 heteroatoms. The van der Waals surface area contributed by atoms with Gasteiger partial charge in [-0.1, -0.05) is 0 Å². The van der Waals surface area contributed by atoms with Gasteiger partial charge in [-0.2, -0.15) is 10.1 Å². The standard InChI is InChI=1S/C13H17N5O/c14-11-3-4-12(15-7-10-5-6-16-18-10)17-13(11)19-8-9-1-2-9/h3-6,9H,1-2,7-8,14H2,(H,15,17)(H,16,18). The summed E-state index contributed by atoms with van der Waals surface area (Å²) in [7, 11) is 0. The summed E-state index contributed by atoms with van der Waals surface area (Å²) in [4.78, 5) is 4.38. The zero-order valence-electron chi connectivity index (χ0n) is 10.6. The highest BCUT2D eigenvalue weighted by Gasteiger charge is 2.22. The van der Waals surface area contributed by atoms with E-state index in [9.17, 15) is 0 Å². The van der Waals surface area contributed by atoms with Gasteiger partial charge in [0.25, 0.3) is 0 Å². The molecule has 6 nitrogen and oxygen atoms in total. The lowest BCUT2D eigenvalue weighted by Gasteiger charge is -2.10. The fraction of sp³-hybridized carbons (Fsp3) is 0.385. The number of aromatic amines is 1. The number of pyridine rings is 1. The molecule has 0 atom stereocenters. The third-order valence-corrected chi connectivity index (χ3v) is 3.06. The largest absolute Gasteiger partial charge is 0.476 e. The van der Waals surface area contributed by atoms with Gasteiger partial charge in [-0.15, -0.1) is 0 Å². The van der Waals surface area contributed by atoms with E-state index in [2.05, 4.69) is 20.5 Å². The third kappa shape index (κ3) is 3.15. The molecule has 0 aliphatic heterocycles. The fourth-order valence-corrected chi connectivity index (χ4v) is 1.72. The molecule has 0 amide bonds. The van der Waals surface area contributed by atoms with Crippen LogP contribution < -0.4 is 15.8 Å². The Bertz CT molecular complexity index is 536. The van der Waals surface area contributed by atoms with Crippen LogP contribution in [0, 0.1) is 5.92 Å². The Hall–Kier alpha value is -2.24. The molecule has 3 rings (SSSR count). The van der Waals surface area contributed by atoms with Crippen LogP contribution in [0.15, 0.2) is 24.4 Å². The molecule has 19 heavy (non-hydrogen) atoms. The van der Waals surface area contributed by atoms with Crippen molar-refractivity contribution in [3.8, 4) is 5.88 Å². The predicted molar refractivity (Wildman–Crippen MR) is 72.8 cm³/mol. The Balaban J connectivity index is 1.62. The number of rotatable bonds is 6. The summed E-state index contributed by atoms with van der Waals surface area (Å²) < 4.78 is 5.64. The highest BCUT2D eigenvalue weighted by molar-refractivity contribution is 5.53. The monoisotopic (exact) mass is 259 g/mol. The Morgan fingerprint density at radius 1 is 1.37 bits per heavy atom. The van der Waals surface area contributed by atoms with Crippen molar-refractivity contribution < 1.29 is 4.74 Å². The van der Waals surface area contributed by atoms with Gasteiger partial charge in [0.05, 0.1) is 24.5 Å². The van der Waals surface area contributed by atoms with E-state index in [-0.39, 0.29) is 0 Å². The Kier molecular flexibility index (Phi) is 3.22. The molecule has 0 saturated heterocycles. The number of hydrogen-bond acceptors (Lipinski definition) is 5. The summed E-state index contributed by atoms with van der Waals surface area (Å²) >= 11 is 0. The SMILES string of the molecule is Nc1ccc(NCc2ccn[nH]2)nc1OCC1CC1. The molecule has 100 valence electrons. The topological polar surface area (TPSA) is 88.8 Å². The minimum Gasteiger partial charge on any atom is -0.476 e. The molecule has 2 heterocycles. The van der Waals surface area contributed by atoms with Gasteiger partial charge in [0, 0.05) is 6.20 Å². The average molecular weight is 259 g/mol. The first-order chi connectivity index (χ1) is 9.31. The van der Waals surface area contributed by atoms with Gasteiger partial charge in [0.2, 0.25) is 5.88 Å². The summed E-state index contributed by atoms with van der Waals surface area (Å²) in [6, 6.07) is 5.56. The number of ether oxygens (including phenoxy) is 1. The molecule has 1 saturated carbocycles. The lowest BCUT2D eigenvalue weighted by atomic mass is 10.3. The molecule has 0 bridgehead atoms. The number of nitrogen functional groups attached to an aromatic ring is 1. The number of nitrogens with two attached hydrogens (primary N) is 1. The molecule has 0 spiro atoms. The zero-order chi connectivity index (χ0) is 13.1. The van der Waals surface area contributed by atoms with E-state index in [4.69, 9.17) is 10.5 Å². The summed E-state index contributed by atoms with van der Waals surface area (Å²) in [5.41, 5.74) is 7.43.